The molecule has 0 amide bonds. The standard InChI is InChI=1S/C12H16OS/c1-8-4-5-11-9(6-8)10(13)7-12(2,3)14-11/h4-6,10,13H,7H2,1-3H3/t10-/m0/s1. The molecule has 1 atom stereocenters. The molecule has 2 rings (SSSR count). The summed E-state index contributed by atoms with van der Waals surface area (Å²) in [6, 6.07) is 6.33. The maximum atomic E-state index is 10.0. The summed E-state index contributed by atoms with van der Waals surface area (Å²) in [6.07, 6.45) is 0.551. The molecule has 0 aliphatic carbocycles. The van der Waals surface area contributed by atoms with E-state index in [4.69, 9.17) is 0 Å². The SMILES string of the molecule is Cc1ccc2c(c1)[C@@H](O)CC(C)(C)S2. The van der Waals surface area contributed by atoms with Gasteiger partial charge in [0.15, 0.2) is 0 Å². The molecule has 0 saturated carbocycles. The van der Waals surface area contributed by atoms with Crippen LogP contribution in [0.2, 0.25) is 0 Å². The summed E-state index contributed by atoms with van der Waals surface area (Å²) in [5.41, 5.74) is 2.33. The summed E-state index contributed by atoms with van der Waals surface area (Å²) in [4.78, 5) is 1.24. The van der Waals surface area contributed by atoms with Gasteiger partial charge in [-0.25, -0.2) is 0 Å². The van der Waals surface area contributed by atoms with Crippen LogP contribution < -0.4 is 0 Å². The highest BCUT2D eigenvalue weighted by Gasteiger charge is 2.31. The second-order valence-corrected chi connectivity index (χ2v) is 6.37. The zero-order chi connectivity index (χ0) is 10.3. The Morgan fingerprint density at radius 1 is 1.43 bits per heavy atom. The molecule has 2 heteroatoms. The lowest BCUT2D eigenvalue weighted by Gasteiger charge is -2.34. The van der Waals surface area contributed by atoms with Gasteiger partial charge >= 0.3 is 0 Å². The van der Waals surface area contributed by atoms with E-state index in [1.807, 2.05) is 11.8 Å². The van der Waals surface area contributed by atoms with E-state index in [0.29, 0.717) is 0 Å². The number of benzene rings is 1. The van der Waals surface area contributed by atoms with Gasteiger partial charge in [0.25, 0.3) is 0 Å². The van der Waals surface area contributed by atoms with Crippen LogP contribution in [0.25, 0.3) is 0 Å². The fourth-order valence-corrected chi connectivity index (χ4v) is 3.22. The molecule has 0 unspecified atom stereocenters. The molecule has 0 radical (unpaired) electrons. The molecule has 14 heavy (non-hydrogen) atoms. The minimum atomic E-state index is -0.291. The van der Waals surface area contributed by atoms with Crippen molar-refractivity contribution in [2.75, 3.05) is 0 Å². The largest absolute Gasteiger partial charge is 0.388 e. The van der Waals surface area contributed by atoms with Crippen molar-refractivity contribution in [1.29, 1.82) is 0 Å². The summed E-state index contributed by atoms with van der Waals surface area (Å²) < 4.78 is 0.154. The molecule has 0 saturated heterocycles. The fraction of sp³-hybridized carbons (Fsp3) is 0.500. The van der Waals surface area contributed by atoms with Gasteiger partial charge in [0.2, 0.25) is 0 Å². The lowest BCUT2D eigenvalue weighted by molar-refractivity contribution is 0.151. The Bertz CT molecular complexity index is 357. The van der Waals surface area contributed by atoms with Gasteiger partial charge in [-0.1, -0.05) is 31.5 Å². The third-order valence-electron chi connectivity index (χ3n) is 2.60. The molecule has 1 nitrogen and oxygen atoms in total. The zero-order valence-electron chi connectivity index (χ0n) is 8.87. The molecule has 1 aromatic rings. The van der Waals surface area contributed by atoms with Crippen molar-refractivity contribution in [2.45, 2.75) is 42.9 Å². The van der Waals surface area contributed by atoms with Crippen LogP contribution in [0.5, 0.6) is 0 Å². The van der Waals surface area contributed by atoms with Gasteiger partial charge in [-0.05, 0) is 25.0 Å². The average Bonchev–Trinajstić information content (AvgIpc) is 2.05. The number of hydrogen-bond donors (Lipinski definition) is 1. The van der Waals surface area contributed by atoms with E-state index in [1.54, 1.807) is 0 Å². The maximum Gasteiger partial charge on any atom is 0.0814 e. The zero-order valence-corrected chi connectivity index (χ0v) is 9.69. The fourth-order valence-electron chi connectivity index (χ4n) is 1.94. The Morgan fingerprint density at radius 3 is 2.86 bits per heavy atom. The third kappa shape index (κ3) is 1.82. The van der Waals surface area contributed by atoms with Crippen LogP contribution in [0.4, 0.5) is 0 Å². The van der Waals surface area contributed by atoms with Crippen LogP contribution in [0.15, 0.2) is 23.1 Å². The number of fused-ring (bicyclic) bond motifs is 1. The minimum absolute atomic E-state index is 0.154. The highest BCUT2D eigenvalue weighted by Crippen LogP contribution is 2.47. The lowest BCUT2D eigenvalue weighted by atomic mass is 9.97. The molecule has 76 valence electrons. The van der Waals surface area contributed by atoms with Gasteiger partial charge in [-0.15, -0.1) is 11.8 Å². The second-order valence-electron chi connectivity index (χ2n) is 4.62. The van der Waals surface area contributed by atoms with Crippen LogP contribution in [-0.2, 0) is 0 Å². The topological polar surface area (TPSA) is 20.2 Å². The molecule has 1 heterocycles. The lowest BCUT2D eigenvalue weighted by Crippen LogP contribution is -2.23. The highest BCUT2D eigenvalue weighted by molar-refractivity contribution is 8.00. The van der Waals surface area contributed by atoms with Gasteiger partial charge in [0.05, 0.1) is 6.10 Å². The molecule has 0 bridgehead atoms. The third-order valence-corrected chi connectivity index (χ3v) is 3.91. The molecule has 0 fully saturated rings. The molecule has 0 spiro atoms. The Kier molecular flexibility index (Phi) is 2.36. The van der Waals surface area contributed by atoms with Crippen LogP contribution in [0.1, 0.15) is 37.5 Å². The number of thioether (sulfide) groups is 1. The van der Waals surface area contributed by atoms with Crippen LogP contribution in [0.3, 0.4) is 0 Å². The first-order valence-corrected chi connectivity index (χ1v) is 5.77. The average molecular weight is 208 g/mol. The first-order chi connectivity index (χ1) is 6.48. The molecule has 1 N–H and O–H groups in total. The van der Waals surface area contributed by atoms with Gasteiger partial charge in [0, 0.05) is 9.64 Å². The highest BCUT2D eigenvalue weighted by atomic mass is 32.2. The van der Waals surface area contributed by atoms with E-state index in [1.165, 1.54) is 10.5 Å². The van der Waals surface area contributed by atoms with Crippen molar-refractivity contribution in [3.8, 4) is 0 Å². The molecular weight excluding hydrogens is 192 g/mol. The van der Waals surface area contributed by atoms with E-state index in [2.05, 4.69) is 39.0 Å². The summed E-state index contributed by atoms with van der Waals surface area (Å²) in [7, 11) is 0. The predicted molar refractivity (Wildman–Crippen MR) is 60.7 cm³/mol. The van der Waals surface area contributed by atoms with Crippen molar-refractivity contribution in [3.05, 3.63) is 29.3 Å². The summed E-state index contributed by atoms with van der Waals surface area (Å²) >= 11 is 1.87. The van der Waals surface area contributed by atoms with E-state index in [9.17, 15) is 5.11 Å². The van der Waals surface area contributed by atoms with Crippen molar-refractivity contribution in [3.63, 3.8) is 0 Å². The van der Waals surface area contributed by atoms with Crippen molar-refractivity contribution < 1.29 is 5.11 Å². The number of aliphatic hydroxyl groups is 1. The first-order valence-electron chi connectivity index (χ1n) is 4.95. The molecular formula is C12H16OS. The van der Waals surface area contributed by atoms with E-state index >= 15 is 0 Å². The summed E-state index contributed by atoms with van der Waals surface area (Å²) in [5, 5.41) is 10.0. The molecule has 1 aliphatic heterocycles. The molecule has 0 aromatic heterocycles. The Balaban J connectivity index is 2.45. The van der Waals surface area contributed by atoms with Gasteiger partial charge in [-0.3, -0.25) is 0 Å². The predicted octanol–water partition coefficient (Wildman–Crippen LogP) is 3.30. The van der Waals surface area contributed by atoms with Crippen LogP contribution in [0, 0.1) is 6.92 Å². The number of aryl methyl sites for hydroxylation is 1. The van der Waals surface area contributed by atoms with Crippen LogP contribution in [-0.4, -0.2) is 9.85 Å². The smallest absolute Gasteiger partial charge is 0.0814 e. The molecule has 1 aromatic carbocycles. The number of hydrogen-bond acceptors (Lipinski definition) is 2. The Hall–Kier alpha value is -0.470. The number of rotatable bonds is 0. The minimum Gasteiger partial charge on any atom is -0.388 e. The Labute approximate surface area is 89.5 Å². The van der Waals surface area contributed by atoms with E-state index in [-0.39, 0.29) is 10.9 Å². The van der Waals surface area contributed by atoms with Crippen LogP contribution >= 0.6 is 11.8 Å². The first kappa shape index (κ1) is 10.1. The van der Waals surface area contributed by atoms with Crippen molar-refractivity contribution in [1.82, 2.24) is 0 Å². The van der Waals surface area contributed by atoms with Gasteiger partial charge in [0.1, 0.15) is 0 Å². The summed E-state index contributed by atoms with van der Waals surface area (Å²) in [5.74, 6) is 0. The van der Waals surface area contributed by atoms with Crippen molar-refractivity contribution >= 4 is 11.8 Å². The van der Waals surface area contributed by atoms with E-state index < -0.39 is 0 Å². The normalized spacial score (nSPS) is 24.4. The van der Waals surface area contributed by atoms with Crippen molar-refractivity contribution in [2.24, 2.45) is 0 Å². The van der Waals surface area contributed by atoms with Gasteiger partial charge < -0.3 is 5.11 Å². The van der Waals surface area contributed by atoms with Gasteiger partial charge in [-0.2, -0.15) is 0 Å². The maximum absolute atomic E-state index is 10.0. The van der Waals surface area contributed by atoms with E-state index in [0.717, 1.165) is 12.0 Å². The monoisotopic (exact) mass is 208 g/mol. The Morgan fingerprint density at radius 2 is 2.14 bits per heavy atom. The number of aliphatic hydroxyl groups excluding tert-OH is 1. The molecule has 1 aliphatic rings. The summed E-state index contributed by atoms with van der Waals surface area (Å²) in [6.45, 7) is 6.44. The second kappa shape index (κ2) is 3.28. The quantitative estimate of drug-likeness (QED) is 0.706.